The Morgan fingerprint density at radius 1 is 1.05 bits per heavy atom. The second kappa shape index (κ2) is 9.80. The number of nitrogens with zero attached hydrogens (tertiary/aromatic N) is 4. The first-order valence-electron chi connectivity index (χ1n) is 13.0. The molecule has 0 radical (unpaired) electrons. The third-order valence-corrected chi connectivity index (χ3v) is 7.27. The van der Waals surface area contributed by atoms with Crippen LogP contribution >= 0.6 is 0 Å². The third-order valence-electron chi connectivity index (χ3n) is 7.27. The predicted octanol–water partition coefficient (Wildman–Crippen LogP) is 5.15. The van der Waals surface area contributed by atoms with E-state index in [0.717, 1.165) is 70.3 Å². The van der Waals surface area contributed by atoms with Crippen LogP contribution < -0.4 is 10.6 Å². The van der Waals surface area contributed by atoms with Gasteiger partial charge in [-0.05, 0) is 56.1 Å². The zero-order chi connectivity index (χ0) is 26.2. The maximum absolute atomic E-state index is 12.6. The summed E-state index contributed by atoms with van der Waals surface area (Å²) < 4.78 is 5.28. The molecule has 0 bridgehead atoms. The second-order valence-corrected chi connectivity index (χ2v) is 9.89. The Labute approximate surface area is 223 Å². The highest BCUT2D eigenvalue weighted by Gasteiger charge is 2.18. The number of hydrogen-bond acceptors (Lipinski definition) is 7. The molecule has 0 spiro atoms. The quantitative estimate of drug-likeness (QED) is 0.239. The van der Waals surface area contributed by atoms with E-state index in [9.17, 15) is 4.79 Å². The van der Waals surface area contributed by atoms with E-state index < -0.39 is 0 Å². The molecule has 1 fully saturated rings. The Hall–Kier alpha value is -4.83. The number of amides is 1. The Morgan fingerprint density at radius 3 is 2.85 bits per heavy atom. The predicted molar refractivity (Wildman–Crippen MR) is 149 cm³/mol. The normalized spacial score (nSPS) is 14.3. The number of piperidine rings is 1. The zero-order valence-electron chi connectivity index (χ0n) is 21.1. The fraction of sp³-hybridized carbons (Fsp3) is 0.207. The number of aromatic amines is 2. The van der Waals surface area contributed by atoms with Crippen molar-refractivity contribution in [1.82, 2.24) is 35.5 Å². The van der Waals surface area contributed by atoms with E-state index in [1.165, 1.54) is 0 Å². The van der Waals surface area contributed by atoms with Crippen molar-refractivity contribution in [1.29, 1.82) is 0 Å². The lowest BCUT2D eigenvalue weighted by molar-refractivity contribution is -0.117. The molecule has 194 valence electrons. The largest absolute Gasteiger partial charge is 0.472 e. The van der Waals surface area contributed by atoms with Gasteiger partial charge in [-0.2, -0.15) is 5.10 Å². The Morgan fingerprint density at radius 2 is 1.97 bits per heavy atom. The number of furan rings is 1. The number of carbonyl (C=O) groups is 1. The third kappa shape index (κ3) is 4.55. The first-order chi connectivity index (χ1) is 19.2. The van der Waals surface area contributed by atoms with Crippen molar-refractivity contribution in [3.63, 3.8) is 0 Å². The number of para-hydroxylation sites is 1. The van der Waals surface area contributed by atoms with E-state index in [0.29, 0.717) is 29.5 Å². The average Bonchev–Trinajstić information content (AvgIpc) is 3.73. The molecule has 1 aliphatic rings. The second-order valence-electron chi connectivity index (χ2n) is 9.89. The van der Waals surface area contributed by atoms with E-state index >= 15 is 0 Å². The molecule has 1 saturated heterocycles. The van der Waals surface area contributed by atoms with Gasteiger partial charge < -0.3 is 20.0 Å². The number of nitrogens with one attached hydrogen (secondary N) is 4. The molecule has 39 heavy (non-hydrogen) atoms. The number of anilines is 1. The van der Waals surface area contributed by atoms with Gasteiger partial charge in [0.2, 0.25) is 5.91 Å². The number of aromatic nitrogens is 6. The first-order valence-corrected chi connectivity index (χ1v) is 13.0. The Kier molecular flexibility index (Phi) is 5.86. The monoisotopic (exact) mass is 518 g/mol. The minimum absolute atomic E-state index is 0.0149. The zero-order valence-corrected chi connectivity index (χ0v) is 21.1. The molecule has 5 aromatic heterocycles. The highest BCUT2D eigenvalue weighted by molar-refractivity contribution is 5.98. The number of benzene rings is 1. The van der Waals surface area contributed by atoms with Crippen molar-refractivity contribution < 1.29 is 9.21 Å². The van der Waals surface area contributed by atoms with Crippen molar-refractivity contribution in [3.05, 3.63) is 67.5 Å². The van der Waals surface area contributed by atoms with Gasteiger partial charge >= 0.3 is 0 Å². The molecular weight excluding hydrogens is 492 g/mol. The van der Waals surface area contributed by atoms with Crippen LogP contribution in [0.25, 0.3) is 55.8 Å². The number of hydrogen-bond donors (Lipinski definition) is 4. The van der Waals surface area contributed by atoms with E-state index in [1.807, 2.05) is 36.4 Å². The van der Waals surface area contributed by atoms with Crippen LogP contribution in [0.5, 0.6) is 0 Å². The Balaban J connectivity index is 1.19. The standard InChI is InChI=1S/C29H26N8O2/c38-26(10-17-4-7-30-8-5-17)33-20-11-19(13-31-14-20)24-12-22-25(15-32-24)36-37-28(22)29-34-23-3-1-2-21(27(23)35-29)18-6-9-39-16-18/h1-3,6,9,11-17,30H,4-5,7-8,10H2,(H,33,38)(H,34,35)(H,36,37). The van der Waals surface area contributed by atoms with Gasteiger partial charge in [0.25, 0.3) is 0 Å². The van der Waals surface area contributed by atoms with Crippen molar-refractivity contribution >= 4 is 33.5 Å². The summed E-state index contributed by atoms with van der Waals surface area (Å²) in [4.78, 5) is 29.9. The summed E-state index contributed by atoms with van der Waals surface area (Å²) >= 11 is 0. The number of imidazole rings is 1. The molecule has 10 nitrogen and oxygen atoms in total. The topological polar surface area (TPSA) is 137 Å². The molecule has 10 heteroatoms. The van der Waals surface area contributed by atoms with Crippen LogP contribution in [0.3, 0.4) is 0 Å². The summed E-state index contributed by atoms with van der Waals surface area (Å²) in [7, 11) is 0. The number of H-pyrrole nitrogens is 2. The number of pyridine rings is 2. The van der Waals surface area contributed by atoms with Crippen molar-refractivity contribution in [2.24, 2.45) is 5.92 Å². The molecule has 0 saturated carbocycles. The minimum Gasteiger partial charge on any atom is -0.472 e. The van der Waals surface area contributed by atoms with Crippen molar-refractivity contribution in [2.75, 3.05) is 18.4 Å². The summed E-state index contributed by atoms with van der Waals surface area (Å²) in [5.74, 6) is 1.09. The molecule has 0 unspecified atom stereocenters. The lowest BCUT2D eigenvalue weighted by Crippen LogP contribution is -2.30. The number of fused-ring (bicyclic) bond motifs is 2. The van der Waals surface area contributed by atoms with Crippen molar-refractivity contribution in [2.45, 2.75) is 19.3 Å². The average molecular weight is 519 g/mol. The van der Waals surface area contributed by atoms with Crippen LogP contribution in [-0.4, -0.2) is 49.1 Å². The molecule has 6 heterocycles. The molecule has 7 rings (SSSR count). The summed E-state index contributed by atoms with van der Waals surface area (Å²) in [6.45, 7) is 1.94. The highest BCUT2D eigenvalue weighted by Crippen LogP contribution is 2.33. The molecule has 0 atom stereocenters. The lowest BCUT2D eigenvalue weighted by atomic mass is 9.94. The van der Waals surface area contributed by atoms with Gasteiger partial charge in [0.05, 0.1) is 52.9 Å². The maximum Gasteiger partial charge on any atom is 0.224 e. The van der Waals surface area contributed by atoms with Gasteiger partial charge in [-0.25, -0.2) is 4.98 Å². The fourth-order valence-electron chi connectivity index (χ4n) is 5.26. The smallest absolute Gasteiger partial charge is 0.224 e. The van der Waals surface area contributed by atoms with Crippen LogP contribution in [0.4, 0.5) is 5.69 Å². The van der Waals surface area contributed by atoms with Gasteiger partial charge in [-0.3, -0.25) is 19.9 Å². The van der Waals surface area contributed by atoms with Gasteiger partial charge in [0.1, 0.15) is 5.69 Å². The SMILES string of the molecule is O=C(CC1CCNCC1)Nc1cncc(-c2cc3c(-c4nc5c(-c6ccoc6)cccc5[nH]4)n[nH]c3cn2)c1. The lowest BCUT2D eigenvalue weighted by Gasteiger charge is -2.21. The molecule has 1 amide bonds. The summed E-state index contributed by atoms with van der Waals surface area (Å²) in [5, 5.41) is 14.8. The number of rotatable bonds is 6. The summed E-state index contributed by atoms with van der Waals surface area (Å²) in [5.41, 5.74) is 7.37. The van der Waals surface area contributed by atoms with Crippen LogP contribution in [0, 0.1) is 5.92 Å². The highest BCUT2D eigenvalue weighted by atomic mass is 16.3. The molecule has 1 aromatic carbocycles. The molecule has 0 aliphatic carbocycles. The van der Waals surface area contributed by atoms with Gasteiger partial charge in [-0.15, -0.1) is 0 Å². The molecule has 6 aromatic rings. The van der Waals surface area contributed by atoms with E-state index in [4.69, 9.17) is 9.40 Å². The van der Waals surface area contributed by atoms with E-state index in [2.05, 4.69) is 35.8 Å². The van der Waals surface area contributed by atoms with Gasteiger partial charge in [0, 0.05) is 34.7 Å². The van der Waals surface area contributed by atoms with Gasteiger partial charge in [0.15, 0.2) is 5.82 Å². The van der Waals surface area contributed by atoms with Crippen LogP contribution in [0.1, 0.15) is 19.3 Å². The molecule has 4 N–H and O–H groups in total. The maximum atomic E-state index is 12.6. The fourth-order valence-corrected chi connectivity index (χ4v) is 5.26. The first kappa shape index (κ1) is 23.3. The summed E-state index contributed by atoms with van der Waals surface area (Å²) in [6.07, 6.45) is 11.1. The van der Waals surface area contributed by atoms with E-state index in [1.54, 1.807) is 31.1 Å². The van der Waals surface area contributed by atoms with Crippen molar-refractivity contribution in [3.8, 4) is 33.9 Å². The van der Waals surface area contributed by atoms with Crippen LogP contribution in [-0.2, 0) is 4.79 Å². The van der Waals surface area contributed by atoms with Gasteiger partial charge in [-0.1, -0.05) is 12.1 Å². The summed E-state index contributed by atoms with van der Waals surface area (Å²) in [6, 6.07) is 11.8. The van der Waals surface area contributed by atoms with E-state index in [-0.39, 0.29) is 5.91 Å². The number of carbonyl (C=O) groups excluding carboxylic acids is 1. The molecular formula is C29H26N8O2. The molecule has 1 aliphatic heterocycles. The van der Waals surface area contributed by atoms with Crippen LogP contribution in [0.15, 0.2) is 71.9 Å². The minimum atomic E-state index is 0.0149. The van der Waals surface area contributed by atoms with Crippen LogP contribution in [0.2, 0.25) is 0 Å². The Bertz CT molecular complexity index is 1780.